The van der Waals surface area contributed by atoms with Crippen LogP contribution in [-0.2, 0) is 10.3 Å². The predicted molar refractivity (Wildman–Crippen MR) is 116 cm³/mol. The highest BCUT2D eigenvalue weighted by Crippen LogP contribution is 2.56. The summed E-state index contributed by atoms with van der Waals surface area (Å²) in [7, 11) is 0. The molecule has 6 nitrogen and oxygen atoms in total. The van der Waals surface area contributed by atoms with E-state index in [1.54, 1.807) is 49.4 Å². The molecule has 6 heteroatoms. The molecule has 1 aliphatic carbocycles. The van der Waals surface area contributed by atoms with Gasteiger partial charge in [0, 0.05) is 23.1 Å². The Morgan fingerprint density at radius 2 is 1.72 bits per heavy atom. The number of aromatic hydroxyl groups is 2. The van der Waals surface area contributed by atoms with Gasteiger partial charge < -0.3 is 14.9 Å². The smallest absolute Gasteiger partial charge is 0.340 e. The molecule has 0 fully saturated rings. The lowest BCUT2D eigenvalue weighted by Crippen LogP contribution is -2.41. The molecule has 2 aliphatic rings. The summed E-state index contributed by atoms with van der Waals surface area (Å²) in [5.74, 6) is -2.01. The van der Waals surface area contributed by atoms with Gasteiger partial charge in [-0.1, -0.05) is 37.3 Å². The molecular formula is C26H20O6. The number of phenols is 2. The Morgan fingerprint density at radius 1 is 1.00 bits per heavy atom. The molecule has 0 saturated heterocycles. The number of benzene rings is 3. The van der Waals surface area contributed by atoms with Gasteiger partial charge in [0.05, 0.1) is 16.7 Å². The maximum Gasteiger partial charge on any atom is 0.340 e. The van der Waals surface area contributed by atoms with E-state index in [0.29, 0.717) is 40.7 Å². The summed E-state index contributed by atoms with van der Waals surface area (Å²) >= 11 is 0. The zero-order valence-electron chi connectivity index (χ0n) is 17.6. The van der Waals surface area contributed by atoms with Gasteiger partial charge in [0.25, 0.3) is 0 Å². The lowest BCUT2D eigenvalue weighted by Gasteiger charge is -2.36. The minimum absolute atomic E-state index is 0.0124. The maximum atomic E-state index is 13.9. The van der Waals surface area contributed by atoms with E-state index in [-0.39, 0.29) is 34.0 Å². The van der Waals surface area contributed by atoms with E-state index in [2.05, 4.69) is 0 Å². The first-order chi connectivity index (χ1) is 15.3. The molecule has 3 aromatic carbocycles. The second-order valence-electron chi connectivity index (χ2n) is 8.14. The van der Waals surface area contributed by atoms with Gasteiger partial charge in [-0.25, -0.2) is 4.79 Å². The highest BCUT2D eigenvalue weighted by atomic mass is 16.6. The van der Waals surface area contributed by atoms with Gasteiger partial charge in [-0.3, -0.25) is 9.59 Å². The van der Waals surface area contributed by atoms with Crippen LogP contribution in [0, 0.1) is 6.92 Å². The van der Waals surface area contributed by atoms with Crippen LogP contribution in [0.5, 0.6) is 11.5 Å². The molecule has 0 amide bonds. The Bertz CT molecular complexity index is 1350. The number of ether oxygens (including phenoxy) is 1. The molecule has 160 valence electrons. The van der Waals surface area contributed by atoms with Crippen molar-refractivity contribution < 1.29 is 29.3 Å². The largest absolute Gasteiger partial charge is 0.507 e. The van der Waals surface area contributed by atoms with Crippen LogP contribution >= 0.6 is 0 Å². The summed E-state index contributed by atoms with van der Waals surface area (Å²) in [4.78, 5) is 39.5. The van der Waals surface area contributed by atoms with Crippen LogP contribution in [0.4, 0.5) is 0 Å². The van der Waals surface area contributed by atoms with Gasteiger partial charge in [-0.05, 0) is 42.7 Å². The summed E-state index contributed by atoms with van der Waals surface area (Å²) in [6, 6.07) is 12.8. The van der Waals surface area contributed by atoms with Crippen molar-refractivity contribution in [2.75, 3.05) is 0 Å². The molecule has 0 saturated carbocycles. The highest BCUT2D eigenvalue weighted by molar-refractivity contribution is 6.20. The normalized spacial score (nSPS) is 18.2. The van der Waals surface area contributed by atoms with E-state index in [1.807, 2.05) is 6.92 Å². The van der Waals surface area contributed by atoms with Crippen LogP contribution < -0.4 is 0 Å². The molecular weight excluding hydrogens is 408 g/mol. The third-order valence-electron chi connectivity index (χ3n) is 6.34. The monoisotopic (exact) mass is 428 g/mol. The zero-order chi connectivity index (χ0) is 22.8. The molecule has 1 heterocycles. The zero-order valence-corrected chi connectivity index (χ0v) is 17.6. The van der Waals surface area contributed by atoms with Gasteiger partial charge in [0.15, 0.2) is 5.78 Å². The van der Waals surface area contributed by atoms with Crippen molar-refractivity contribution in [2.45, 2.75) is 32.3 Å². The summed E-state index contributed by atoms with van der Waals surface area (Å²) in [5, 5.41) is 21.9. The quantitative estimate of drug-likeness (QED) is 0.465. The summed E-state index contributed by atoms with van der Waals surface area (Å²) in [5.41, 5.74) is 0.0700. The fourth-order valence-electron chi connectivity index (χ4n) is 4.85. The van der Waals surface area contributed by atoms with Crippen LogP contribution in [0.15, 0.2) is 48.5 Å². The third kappa shape index (κ3) is 2.37. The second kappa shape index (κ2) is 6.79. The van der Waals surface area contributed by atoms with Gasteiger partial charge >= 0.3 is 5.97 Å². The number of carbonyl (C=O) groups is 3. The standard InChI is InChI=1S/C26H20O6/c1-3-7-19(27)16-12-17-14-9-6-11-20(28)21(14)24(30)26(22(17)23(29)13(16)2)18-10-5-4-8-15(18)25(31)32-26/h4-6,8-12,28-29H,3,7H2,1-2H3/t26-/m0/s1. The van der Waals surface area contributed by atoms with Crippen molar-refractivity contribution in [3.8, 4) is 22.6 Å². The van der Waals surface area contributed by atoms with Crippen LogP contribution in [-0.4, -0.2) is 27.7 Å². The van der Waals surface area contributed by atoms with Crippen LogP contribution in [0.25, 0.3) is 11.1 Å². The number of esters is 1. The topological polar surface area (TPSA) is 101 Å². The highest BCUT2D eigenvalue weighted by Gasteiger charge is 2.59. The van der Waals surface area contributed by atoms with Crippen LogP contribution in [0.1, 0.15) is 67.5 Å². The predicted octanol–water partition coefficient (Wildman–Crippen LogP) is 4.67. The summed E-state index contributed by atoms with van der Waals surface area (Å²) in [6.45, 7) is 3.50. The molecule has 1 aliphatic heterocycles. The van der Waals surface area contributed by atoms with Crippen LogP contribution in [0.3, 0.4) is 0 Å². The first kappa shape index (κ1) is 20.0. The summed E-state index contributed by atoms with van der Waals surface area (Å²) < 4.78 is 5.75. The molecule has 0 radical (unpaired) electrons. The summed E-state index contributed by atoms with van der Waals surface area (Å²) in [6.07, 6.45) is 0.939. The van der Waals surface area contributed by atoms with E-state index in [9.17, 15) is 24.6 Å². The lowest BCUT2D eigenvalue weighted by atomic mass is 9.69. The lowest BCUT2D eigenvalue weighted by molar-refractivity contribution is 0.0119. The van der Waals surface area contributed by atoms with Crippen molar-refractivity contribution in [2.24, 2.45) is 0 Å². The minimum atomic E-state index is -1.95. The first-order valence-electron chi connectivity index (χ1n) is 10.4. The van der Waals surface area contributed by atoms with Crippen molar-refractivity contribution in [3.63, 3.8) is 0 Å². The molecule has 32 heavy (non-hydrogen) atoms. The fraction of sp³-hybridized carbons (Fsp3) is 0.192. The minimum Gasteiger partial charge on any atom is -0.507 e. The first-order valence-corrected chi connectivity index (χ1v) is 10.4. The Kier molecular flexibility index (Phi) is 4.24. The number of phenolic OH excluding ortho intramolecular Hbond substituents is 2. The van der Waals surface area contributed by atoms with Crippen molar-refractivity contribution in [1.29, 1.82) is 0 Å². The molecule has 0 aromatic heterocycles. The van der Waals surface area contributed by atoms with Crippen molar-refractivity contribution >= 4 is 17.5 Å². The van der Waals surface area contributed by atoms with Gasteiger partial charge in [-0.2, -0.15) is 0 Å². The molecule has 3 aromatic rings. The second-order valence-corrected chi connectivity index (χ2v) is 8.14. The van der Waals surface area contributed by atoms with Crippen molar-refractivity contribution in [1.82, 2.24) is 0 Å². The number of Topliss-reactive ketones (excluding diaryl/α,β-unsaturated/α-hetero) is 2. The van der Waals surface area contributed by atoms with Gasteiger partial charge in [0.1, 0.15) is 11.5 Å². The SMILES string of the molecule is CCCC(=O)c1cc2c(c(O)c1C)[C@]1(OC(=O)c3ccccc31)C(=O)c1c(O)cccc1-2. The molecule has 5 rings (SSSR count). The van der Waals surface area contributed by atoms with Crippen LogP contribution in [0.2, 0.25) is 0 Å². The Hall–Kier alpha value is -3.93. The fourth-order valence-corrected chi connectivity index (χ4v) is 4.85. The molecule has 0 bridgehead atoms. The van der Waals surface area contributed by atoms with E-state index in [0.717, 1.165) is 0 Å². The van der Waals surface area contributed by atoms with E-state index in [4.69, 9.17) is 4.74 Å². The third-order valence-corrected chi connectivity index (χ3v) is 6.34. The molecule has 2 N–H and O–H groups in total. The Labute approximate surface area is 184 Å². The number of carbonyl (C=O) groups excluding carboxylic acids is 3. The van der Waals surface area contributed by atoms with Crippen molar-refractivity contribution in [3.05, 3.63) is 81.9 Å². The molecule has 1 atom stereocenters. The molecule has 1 spiro atoms. The number of ketones is 2. The molecule has 0 unspecified atom stereocenters. The van der Waals surface area contributed by atoms with E-state index < -0.39 is 17.4 Å². The Balaban J connectivity index is 1.94. The number of hydrogen-bond donors (Lipinski definition) is 2. The maximum absolute atomic E-state index is 13.9. The van der Waals surface area contributed by atoms with Gasteiger partial charge in [0.2, 0.25) is 11.4 Å². The number of fused-ring (bicyclic) bond motifs is 6. The average Bonchev–Trinajstić information content (AvgIpc) is 3.07. The van der Waals surface area contributed by atoms with E-state index >= 15 is 0 Å². The number of hydrogen-bond acceptors (Lipinski definition) is 6. The van der Waals surface area contributed by atoms with Gasteiger partial charge in [-0.15, -0.1) is 0 Å². The number of rotatable bonds is 3. The average molecular weight is 428 g/mol. The van der Waals surface area contributed by atoms with E-state index in [1.165, 1.54) is 6.07 Å². The Morgan fingerprint density at radius 3 is 2.47 bits per heavy atom.